The van der Waals surface area contributed by atoms with Crippen molar-refractivity contribution in [3.63, 3.8) is 0 Å². The van der Waals surface area contributed by atoms with Crippen LogP contribution in [0.1, 0.15) is 20.8 Å². The molecule has 0 unspecified atom stereocenters. The van der Waals surface area contributed by atoms with Gasteiger partial charge >= 0.3 is 0 Å². The molecule has 0 aromatic rings. The number of amides is 1. The van der Waals surface area contributed by atoms with E-state index in [0.29, 0.717) is 5.57 Å². The van der Waals surface area contributed by atoms with Crippen LogP contribution in [-0.2, 0) is 4.79 Å². The SMILES string of the molecule is C=C(C)C(=O)N(C)C(C)C. The Hall–Kier alpha value is -0.790. The van der Waals surface area contributed by atoms with Crippen molar-refractivity contribution in [3.05, 3.63) is 12.2 Å². The van der Waals surface area contributed by atoms with Gasteiger partial charge in [-0.25, -0.2) is 0 Å². The molecule has 0 aliphatic rings. The van der Waals surface area contributed by atoms with E-state index in [1.165, 1.54) is 0 Å². The van der Waals surface area contributed by atoms with Gasteiger partial charge in [0.15, 0.2) is 0 Å². The van der Waals surface area contributed by atoms with E-state index in [1.807, 2.05) is 13.8 Å². The van der Waals surface area contributed by atoms with Crippen LogP contribution in [0, 0.1) is 0 Å². The Morgan fingerprint density at radius 3 is 2.00 bits per heavy atom. The molecule has 1 amide bonds. The average Bonchev–Trinajstić information content (AvgIpc) is 1.84. The van der Waals surface area contributed by atoms with Crippen LogP contribution in [-0.4, -0.2) is 23.9 Å². The van der Waals surface area contributed by atoms with E-state index in [-0.39, 0.29) is 11.9 Å². The number of hydrogen-bond donors (Lipinski definition) is 0. The third kappa shape index (κ3) is 2.21. The highest BCUT2D eigenvalue weighted by atomic mass is 16.2. The summed E-state index contributed by atoms with van der Waals surface area (Å²) >= 11 is 0. The van der Waals surface area contributed by atoms with Crippen LogP contribution in [0.3, 0.4) is 0 Å². The smallest absolute Gasteiger partial charge is 0.248 e. The molecule has 2 nitrogen and oxygen atoms in total. The number of likely N-dealkylation sites (N-methyl/N-ethyl adjacent to an activating group) is 1. The Morgan fingerprint density at radius 1 is 1.50 bits per heavy atom. The summed E-state index contributed by atoms with van der Waals surface area (Å²) < 4.78 is 0. The molecule has 0 aromatic heterocycles. The molecule has 58 valence electrons. The molecule has 0 N–H and O–H groups in total. The maximum absolute atomic E-state index is 11.1. The molecule has 0 fully saturated rings. The van der Waals surface area contributed by atoms with E-state index in [9.17, 15) is 4.79 Å². The first-order valence-electron chi connectivity index (χ1n) is 3.39. The first-order valence-corrected chi connectivity index (χ1v) is 3.39. The van der Waals surface area contributed by atoms with Crippen LogP contribution in [0.25, 0.3) is 0 Å². The third-order valence-electron chi connectivity index (χ3n) is 1.46. The van der Waals surface area contributed by atoms with E-state index in [2.05, 4.69) is 6.58 Å². The fourth-order valence-corrected chi connectivity index (χ4v) is 0.536. The van der Waals surface area contributed by atoms with Crippen LogP contribution < -0.4 is 0 Å². The minimum atomic E-state index is 0.0231. The fourth-order valence-electron chi connectivity index (χ4n) is 0.536. The minimum Gasteiger partial charge on any atom is -0.340 e. The summed E-state index contributed by atoms with van der Waals surface area (Å²) in [5.41, 5.74) is 0.594. The summed E-state index contributed by atoms with van der Waals surface area (Å²) in [5, 5.41) is 0. The predicted molar refractivity (Wildman–Crippen MR) is 42.7 cm³/mol. The quantitative estimate of drug-likeness (QED) is 0.533. The van der Waals surface area contributed by atoms with Gasteiger partial charge in [-0.05, 0) is 20.8 Å². The van der Waals surface area contributed by atoms with Gasteiger partial charge in [-0.15, -0.1) is 0 Å². The summed E-state index contributed by atoms with van der Waals surface area (Å²) in [4.78, 5) is 12.8. The van der Waals surface area contributed by atoms with E-state index in [1.54, 1.807) is 18.9 Å². The second-order valence-corrected chi connectivity index (χ2v) is 2.79. The van der Waals surface area contributed by atoms with Crippen molar-refractivity contribution in [2.75, 3.05) is 7.05 Å². The number of hydrogen-bond acceptors (Lipinski definition) is 1. The lowest BCUT2D eigenvalue weighted by molar-refractivity contribution is -0.127. The van der Waals surface area contributed by atoms with E-state index in [4.69, 9.17) is 0 Å². The largest absolute Gasteiger partial charge is 0.340 e. The molecule has 0 spiro atoms. The zero-order valence-electron chi connectivity index (χ0n) is 7.14. The Morgan fingerprint density at radius 2 is 1.90 bits per heavy atom. The Bertz CT molecular complexity index is 149. The van der Waals surface area contributed by atoms with Gasteiger partial charge in [0, 0.05) is 18.7 Å². The van der Waals surface area contributed by atoms with Gasteiger partial charge in [0.1, 0.15) is 0 Å². The first-order chi connectivity index (χ1) is 4.46. The molecule has 0 bridgehead atoms. The number of nitrogens with zero attached hydrogens (tertiary/aromatic N) is 1. The zero-order chi connectivity index (χ0) is 8.31. The van der Waals surface area contributed by atoms with Crippen LogP contribution >= 0.6 is 0 Å². The van der Waals surface area contributed by atoms with Crippen molar-refractivity contribution in [3.8, 4) is 0 Å². The molecule has 0 radical (unpaired) electrons. The molecule has 0 aromatic carbocycles. The fraction of sp³-hybridized carbons (Fsp3) is 0.625. The Labute approximate surface area is 62.5 Å². The summed E-state index contributed by atoms with van der Waals surface area (Å²) in [6.07, 6.45) is 0. The van der Waals surface area contributed by atoms with E-state index < -0.39 is 0 Å². The third-order valence-corrected chi connectivity index (χ3v) is 1.46. The molecular formula is C8H15NO. The summed E-state index contributed by atoms with van der Waals surface area (Å²) in [7, 11) is 1.78. The normalized spacial score (nSPS) is 9.70. The second kappa shape index (κ2) is 3.40. The molecule has 0 aliphatic carbocycles. The summed E-state index contributed by atoms with van der Waals surface area (Å²) in [6.45, 7) is 9.24. The summed E-state index contributed by atoms with van der Waals surface area (Å²) in [6, 6.07) is 0.254. The van der Waals surface area contributed by atoms with Gasteiger partial charge in [-0.2, -0.15) is 0 Å². The Kier molecular flexibility index (Phi) is 3.13. The van der Waals surface area contributed by atoms with Gasteiger partial charge < -0.3 is 4.90 Å². The lowest BCUT2D eigenvalue weighted by Crippen LogP contribution is -2.33. The molecule has 0 saturated carbocycles. The monoisotopic (exact) mass is 141 g/mol. The van der Waals surface area contributed by atoms with E-state index >= 15 is 0 Å². The molecule has 0 atom stereocenters. The highest BCUT2D eigenvalue weighted by molar-refractivity contribution is 5.92. The predicted octanol–water partition coefficient (Wildman–Crippen LogP) is 1.43. The lowest BCUT2D eigenvalue weighted by atomic mass is 10.2. The van der Waals surface area contributed by atoms with Crippen molar-refractivity contribution in [2.45, 2.75) is 26.8 Å². The molecule has 10 heavy (non-hydrogen) atoms. The highest BCUT2D eigenvalue weighted by Crippen LogP contribution is 1.99. The standard InChI is InChI=1S/C8H15NO/c1-6(2)8(10)9(5)7(3)4/h7H,1H2,2-5H3. The van der Waals surface area contributed by atoms with Gasteiger partial charge in [-0.1, -0.05) is 6.58 Å². The first kappa shape index (κ1) is 9.21. The minimum absolute atomic E-state index is 0.0231. The lowest BCUT2D eigenvalue weighted by Gasteiger charge is -2.21. The van der Waals surface area contributed by atoms with Crippen LogP contribution in [0.15, 0.2) is 12.2 Å². The van der Waals surface area contributed by atoms with Crippen LogP contribution in [0.5, 0.6) is 0 Å². The van der Waals surface area contributed by atoms with Gasteiger partial charge in [-0.3, -0.25) is 4.79 Å². The molecule has 0 rings (SSSR count). The van der Waals surface area contributed by atoms with Gasteiger partial charge in [0.25, 0.3) is 0 Å². The highest BCUT2D eigenvalue weighted by Gasteiger charge is 2.10. The molecule has 2 heteroatoms. The second-order valence-electron chi connectivity index (χ2n) is 2.79. The van der Waals surface area contributed by atoms with Gasteiger partial charge in [0.05, 0.1) is 0 Å². The number of carbonyl (C=O) groups excluding carboxylic acids is 1. The molecule has 0 aliphatic heterocycles. The molecular weight excluding hydrogens is 126 g/mol. The van der Waals surface area contributed by atoms with E-state index in [0.717, 1.165) is 0 Å². The number of carbonyl (C=O) groups is 1. The summed E-state index contributed by atoms with van der Waals surface area (Å²) in [5.74, 6) is 0.0231. The maximum Gasteiger partial charge on any atom is 0.248 e. The molecule has 0 heterocycles. The Balaban J connectivity index is 4.08. The van der Waals surface area contributed by atoms with Crippen molar-refractivity contribution in [1.82, 2.24) is 4.90 Å². The van der Waals surface area contributed by atoms with Crippen molar-refractivity contribution >= 4 is 5.91 Å². The van der Waals surface area contributed by atoms with Crippen molar-refractivity contribution in [1.29, 1.82) is 0 Å². The van der Waals surface area contributed by atoms with Crippen molar-refractivity contribution in [2.24, 2.45) is 0 Å². The topological polar surface area (TPSA) is 20.3 Å². The van der Waals surface area contributed by atoms with Gasteiger partial charge in [0.2, 0.25) is 5.91 Å². The maximum atomic E-state index is 11.1. The zero-order valence-corrected chi connectivity index (χ0v) is 7.14. The van der Waals surface area contributed by atoms with Crippen molar-refractivity contribution < 1.29 is 4.79 Å². The number of rotatable bonds is 2. The molecule has 0 saturated heterocycles. The van der Waals surface area contributed by atoms with Crippen LogP contribution in [0.4, 0.5) is 0 Å². The average molecular weight is 141 g/mol. The van der Waals surface area contributed by atoms with Crippen LogP contribution in [0.2, 0.25) is 0 Å².